The van der Waals surface area contributed by atoms with Crippen molar-refractivity contribution in [2.75, 3.05) is 0 Å². The molecule has 0 fully saturated rings. The molecule has 0 spiro atoms. The third-order valence-electron chi connectivity index (χ3n) is 3.16. The molecule has 8 N–H and O–H groups in total. The summed E-state index contributed by atoms with van der Waals surface area (Å²) < 4.78 is 0. The first-order chi connectivity index (χ1) is 10.0. The topological polar surface area (TPSA) is 104 Å². The summed E-state index contributed by atoms with van der Waals surface area (Å²) in [6.45, 7) is 4.20. The van der Waals surface area contributed by atoms with Crippen LogP contribution in [0, 0.1) is 5.92 Å². The molecule has 0 heterocycles. The van der Waals surface area contributed by atoms with Crippen LogP contribution in [0.4, 0.5) is 0 Å². The number of hydrogen-bond acceptors (Lipinski definition) is 4. The third kappa shape index (κ3) is 5.51. The number of hydrogen-bond donors (Lipinski definition) is 4. The lowest BCUT2D eigenvalue weighted by molar-refractivity contribution is 0.954. The molecule has 21 heavy (non-hydrogen) atoms. The van der Waals surface area contributed by atoms with Crippen molar-refractivity contribution >= 4 is 40.0 Å². The SMILES string of the molecule is CCC(=C(CC)C(C(N)=S)C(N)=S)c1ccccc1.NN. The Morgan fingerprint density at radius 3 is 1.76 bits per heavy atom. The van der Waals surface area contributed by atoms with Gasteiger partial charge in [0, 0.05) is 0 Å². The average molecular weight is 325 g/mol. The van der Waals surface area contributed by atoms with Gasteiger partial charge in [-0.1, -0.05) is 74.2 Å². The largest absolute Gasteiger partial charge is 0.392 e. The fourth-order valence-corrected chi connectivity index (χ4v) is 2.94. The van der Waals surface area contributed by atoms with Crippen molar-refractivity contribution in [3.63, 3.8) is 0 Å². The fourth-order valence-electron chi connectivity index (χ4n) is 2.33. The van der Waals surface area contributed by atoms with Crippen LogP contribution in [0.15, 0.2) is 35.9 Å². The molecule has 0 aliphatic rings. The van der Waals surface area contributed by atoms with Crippen LogP contribution < -0.4 is 23.2 Å². The number of allylic oxidation sites excluding steroid dienone is 1. The highest BCUT2D eigenvalue weighted by Crippen LogP contribution is 2.29. The van der Waals surface area contributed by atoms with Gasteiger partial charge in [-0.3, -0.25) is 11.7 Å². The molecule has 1 aromatic rings. The second-order valence-electron chi connectivity index (χ2n) is 4.31. The van der Waals surface area contributed by atoms with Crippen LogP contribution in [0.3, 0.4) is 0 Å². The van der Waals surface area contributed by atoms with Crippen molar-refractivity contribution in [1.82, 2.24) is 0 Å². The minimum atomic E-state index is -0.287. The fraction of sp³-hybridized carbons (Fsp3) is 0.333. The lowest BCUT2D eigenvalue weighted by Gasteiger charge is -2.21. The summed E-state index contributed by atoms with van der Waals surface area (Å²) in [5.74, 6) is 7.71. The van der Waals surface area contributed by atoms with E-state index in [-0.39, 0.29) is 5.92 Å². The molecular formula is C15H24N4S2. The molecule has 4 nitrogen and oxygen atoms in total. The van der Waals surface area contributed by atoms with E-state index >= 15 is 0 Å². The molecule has 116 valence electrons. The smallest absolute Gasteiger partial charge is 0.0868 e. The lowest BCUT2D eigenvalue weighted by Crippen LogP contribution is -2.34. The van der Waals surface area contributed by atoms with Crippen LogP contribution in [-0.4, -0.2) is 9.98 Å². The lowest BCUT2D eigenvalue weighted by atomic mass is 9.87. The van der Waals surface area contributed by atoms with E-state index < -0.39 is 0 Å². The highest BCUT2D eigenvalue weighted by Gasteiger charge is 2.22. The van der Waals surface area contributed by atoms with Crippen molar-refractivity contribution in [3.8, 4) is 0 Å². The second kappa shape index (κ2) is 10.4. The predicted molar refractivity (Wildman–Crippen MR) is 99.4 cm³/mol. The highest BCUT2D eigenvalue weighted by molar-refractivity contribution is 7.82. The molecule has 0 amide bonds. The van der Waals surface area contributed by atoms with Crippen molar-refractivity contribution in [2.45, 2.75) is 26.7 Å². The molecule has 1 rings (SSSR count). The van der Waals surface area contributed by atoms with Gasteiger partial charge >= 0.3 is 0 Å². The van der Waals surface area contributed by atoms with E-state index in [0.717, 1.165) is 18.4 Å². The minimum absolute atomic E-state index is 0.287. The zero-order chi connectivity index (χ0) is 16.4. The van der Waals surface area contributed by atoms with E-state index in [1.54, 1.807) is 0 Å². The summed E-state index contributed by atoms with van der Waals surface area (Å²) >= 11 is 10.3. The first-order valence-corrected chi connectivity index (χ1v) is 7.53. The van der Waals surface area contributed by atoms with Gasteiger partial charge in [-0.15, -0.1) is 0 Å². The van der Waals surface area contributed by atoms with E-state index in [1.165, 1.54) is 11.1 Å². The molecule has 0 aromatic heterocycles. The number of rotatable bonds is 6. The molecule has 6 heteroatoms. The van der Waals surface area contributed by atoms with Crippen LogP contribution in [0.2, 0.25) is 0 Å². The summed E-state index contributed by atoms with van der Waals surface area (Å²) in [5, 5.41) is 0. The van der Waals surface area contributed by atoms with Crippen LogP contribution in [0.1, 0.15) is 32.3 Å². The Hall–Kier alpha value is -1.34. The van der Waals surface area contributed by atoms with Gasteiger partial charge < -0.3 is 11.5 Å². The maximum Gasteiger partial charge on any atom is 0.0868 e. The number of hydrazine groups is 1. The quantitative estimate of drug-likeness (QED) is 0.363. The molecule has 1 aromatic carbocycles. The molecule has 0 atom stereocenters. The molecule has 0 radical (unpaired) electrons. The van der Waals surface area contributed by atoms with Crippen LogP contribution in [-0.2, 0) is 0 Å². The molecule has 0 aliphatic heterocycles. The van der Waals surface area contributed by atoms with E-state index in [4.69, 9.17) is 35.9 Å². The Labute approximate surface area is 137 Å². The van der Waals surface area contributed by atoms with Gasteiger partial charge in [-0.25, -0.2) is 0 Å². The van der Waals surface area contributed by atoms with E-state index in [0.29, 0.717) is 9.98 Å². The minimum Gasteiger partial charge on any atom is -0.392 e. The van der Waals surface area contributed by atoms with Gasteiger partial charge in [0.1, 0.15) is 0 Å². The maximum absolute atomic E-state index is 5.81. The number of thiocarbonyl (C=S) groups is 2. The molecule has 0 saturated carbocycles. The maximum atomic E-state index is 5.81. The summed E-state index contributed by atoms with van der Waals surface area (Å²) in [7, 11) is 0. The first kappa shape index (κ1) is 19.7. The van der Waals surface area contributed by atoms with Gasteiger partial charge in [0.25, 0.3) is 0 Å². The van der Waals surface area contributed by atoms with Crippen LogP contribution in [0.25, 0.3) is 5.57 Å². The molecule has 0 saturated heterocycles. The zero-order valence-corrected chi connectivity index (χ0v) is 14.1. The average Bonchev–Trinajstić information content (AvgIpc) is 2.49. The Kier molecular flexibility index (Phi) is 9.73. The summed E-state index contributed by atoms with van der Waals surface area (Å²) in [4.78, 5) is 0.706. The van der Waals surface area contributed by atoms with Gasteiger partial charge in [0.15, 0.2) is 0 Å². The van der Waals surface area contributed by atoms with Gasteiger partial charge in [0.2, 0.25) is 0 Å². The second-order valence-corrected chi connectivity index (χ2v) is 5.26. The van der Waals surface area contributed by atoms with Gasteiger partial charge in [-0.2, -0.15) is 0 Å². The van der Waals surface area contributed by atoms with Gasteiger partial charge in [0.05, 0.1) is 15.9 Å². The van der Waals surface area contributed by atoms with Gasteiger partial charge in [-0.05, 0) is 24.0 Å². The Balaban J connectivity index is 0.00000191. The third-order valence-corrected chi connectivity index (χ3v) is 3.63. The van der Waals surface area contributed by atoms with E-state index in [9.17, 15) is 0 Å². The monoisotopic (exact) mass is 324 g/mol. The normalized spacial score (nSPS) is 11.3. The van der Waals surface area contributed by atoms with Crippen molar-refractivity contribution in [1.29, 1.82) is 0 Å². The molecular weight excluding hydrogens is 300 g/mol. The predicted octanol–water partition coefficient (Wildman–Crippen LogP) is 2.27. The molecule has 0 unspecified atom stereocenters. The molecule has 0 aliphatic carbocycles. The van der Waals surface area contributed by atoms with E-state index in [1.807, 2.05) is 18.2 Å². The molecule has 0 bridgehead atoms. The van der Waals surface area contributed by atoms with Crippen LogP contribution in [0.5, 0.6) is 0 Å². The Morgan fingerprint density at radius 1 is 0.952 bits per heavy atom. The summed E-state index contributed by atoms with van der Waals surface area (Å²) in [6.07, 6.45) is 1.73. The highest BCUT2D eigenvalue weighted by atomic mass is 32.1. The van der Waals surface area contributed by atoms with Crippen molar-refractivity contribution in [3.05, 3.63) is 41.5 Å². The summed E-state index contributed by atoms with van der Waals surface area (Å²) in [5.41, 5.74) is 15.2. The number of benzene rings is 1. The summed E-state index contributed by atoms with van der Waals surface area (Å²) in [6, 6.07) is 10.2. The van der Waals surface area contributed by atoms with Crippen molar-refractivity contribution in [2.24, 2.45) is 29.1 Å². The Morgan fingerprint density at radius 2 is 1.43 bits per heavy atom. The first-order valence-electron chi connectivity index (χ1n) is 6.72. The zero-order valence-electron chi connectivity index (χ0n) is 12.5. The number of nitrogens with two attached hydrogens (primary N) is 4. The Bertz CT molecular complexity index is 484. The van der Waals surface area contributed by atoms with Crippen LogP contribution >= 0.6 is 24.4 Å². The van der Waals surface area contributed by atoms with E-state index in [2.05, 4.69) is 37.7 Å². The van der Waals surface area contributed by atoms with Crippen molar-refractivity contribution < 1.29 is 0 Å². The standard InChI is InChI=1S/C15H20N2S2.H4N2/c1-3-11(10-8-6-5-7-9-10)12(4-2)13(14(16)18)15(17)19;1-2/h5-9,13H,3-4H2,1-2H3,(H2,16,18)(H2,17,19);1-2H2.